The Labute approximate surface area is 326 Å². The molecule has 8 rings (SSSR count). The average molecular weight is 789 g/mol. The molecule has 0 saturated heterocycles. The molecule has 16 nitrogen and oxygen atoms in total. The molecule has 6 aromatic heterocycles. The first kappa shape index (κ1) is 36.1. The van der Waals surface area contributed by atoms with Gasteiger partial charge in [0, 0.05) is 39.5 Å². The summed E-state index contributed by atoms with van der Waals surface area (Å²) in [5.41, 5.74) is 12.2. The van der Waals surface area contributed by atoms with E-state index in [0.717, 1.165) is 39.8 Å². The van der Waals surface area contributed by atoms with Gasteiger partial charge in [-0.05, 0) is 86.6 Å². The van der Waals surface area contributed by atoms with E-state index in [1.165, 1.54) is 22.7 Å². The van der Waals surface area contributed by atoms with E-state index in [0.29, 0.717) is 50.0 Å². The lowest BCUT2D eigenvalue weighted by molar-refractivity contribution is -0.0390. The summed E-state index contributed by atoms with van der Waals surface area (Å²) in [6.45, 7) is 3.55. The molecule has 0 bridgehead atoms. The second-order valence-corrected chi connectivity index (χ2v) is 13.9. The number of amides is 2. The van der Waals surface area contributed by atoms with Crippen LogP contribution < -0.4 is 31.1 Å². The molecule has 0 saturated carbocycles. The Morgan fingerprint density at radius 3 is 2.02 bits per heavy atom. The number of thiazole rings is 2. The monoisotopic (exact) mass is 788 g/mol. The van der Waals surface area contributed by atoms with E-state index in [-0.39, 0.29) is 6.79 Å². The van der Waals surface area contributed by atoms with Gasteiger partial charge in [-0.25, -0.2) is 35.7 Å². The Balaban J connectivity index is 0.877. The number of carbonyl (C=O) groups excluding carboxylic acids is 2. The maximum atomic E-state index is 12.9. The van der Waals surface area contributed by atoms with Crippen molar-refractivity contribution < 1.29 is 29.1 Å². The number of hydrogen-bond acceptors (Lipinski definition) is 14. The molecular formula is C38H32N10O6S2. The molecule has 0 spiro atoms. The van der Waals surface area contributed by atoms with E-state index in [1.54, 1.807) is 67.2 Å². The summed E-state index contributed by atoms with van der Waals surface area (Å²) in [6, 6.07) is 22.8. The zero-order chi connectivity index (χ0) is 38.8. The lowest BCUT2D eigenvalue weighted by Gasteiger charge is -2.11. The van der Waals surface area contributed by atoms with Crippen LogP contribution in [0.25, 0.3) is 34.1 Å². The Kier molecular flexibility index (Phi) is 9.99. The lowest BCUT2D eigenvalue weighted by Crippen LogP contribution is -2.26. The van der Waals surface area contributed by atoms with Crippen molar-refractivity contribution in [2.24, 2.45) is 0 Å². The molecule has 0 atom stereocenters. The number of pyridine rings is 2. The number of fused-ring (bicyclic) bond motifs is 2. The summed E-state index contributed by atoms with van der Waals surface area (Å²) in [5.74, 6) is 0.0822. The van der Waals surface area contributed by atoms with Crippen LogP contribution >= 0.6 is 22.7 Å². The fraction of sp³-hybridized carbons (Fsp3) is 0.105. The van der Waals surface area contributed by atoms with Crippen LogP contribution in [-0.4, -0.2) is 59.7 Å². The lowest BCUT2D eigenvalue weighted by atomic mass is 10.2. The molecule has 0 fully saturated rings. The van der Waals surface area contributed by atoms with Gasteiger partial charge in [0.05, 0.1) is 29.9 Å². The van der Waals surface area contributed by atoms with Crippen LogP contribution in [-0.2, 0) is 4.84 Å². The van der Waals surface area contributed by atoms with Gasteiger partial charge in [0.25, 0.3) is 11.8 Å². The molecular weight excluding hydrogens is 757 g/mol. The number of imidazole rings is 2. The first-order valence-corrected chi connectivity index (χ1v) is 18.7. The number of hydroxylamine groups is 2. The van der Waals surface area contributed by atoms with E-state index >= 15 is 0 Å². The molecule has 5 N–H and O–H groups in total. The highest BCUT2D eigenvalue weighted by Gasteiger charge is 2.19. The van der Waals surface area contributed by atoms with Gasteiger partial charge in [0.1, 0.15) is 17.0 Å². The molecule has 18 heteroatoms. The zero-order valence-electron chi connectivity index (χ0n) is 29.9. The van der Waals surface area contributed by atoms with Crippen LogP contribution in [0.2, 0.25) is 0 Å². The number of nitrogens with zero attached hydrogens (tertiary/aromatic N) is 6. The predicted molar refractivity (Wildman–Crippen MR) is 211 cm³/mol. The van der Waals surface area contributed by atoms with Crippen LogP contribution in [0.5, 0.6) is 11.6 Å². The molecule has 2 aromatic carbocycles. The first-order chi connectivity index (χ1) is 27.3. The second kappa shape index (κ2) is 15.5. The van der Waals surface area contributed by atoms with Crippen LogP contribution in [0.4, 0.5) is 21.6 Å². The fourth-order valence-corrected chi connectivity index (χ4v) is 7.49. The van der Waals surface area contributed by atoms with Crippen molar-refractivity contribution in [3.8, 4) is 34.4 Å². The van der Waals surface area contributed by atoms with E-state index < -0.39 is 11.8 Å². The Morgan fingerprint density at radius 2 is 1.38 bits per heavy atom. The SMILES string of the molecule is COc1cccn2c(-c3csc(Nc4ccc(C(=O)NOCOc5cccc6nc(C)c(-c7csc(Nc8ccc(C(=O)NO)cc8)n7)n56)cc4)n3)c(C)nc12. The van der Waals surface area contributed by atoms with Gasteiger partial charge < -0.3 is 20.1 Å². The van der Waals surface area contributed by atoms with Gasteiger partial charge in [-0.2, -0.15) is 0 Å². The van der Waals surface area contributed by atoms with Crippen molar-refractivity contribution in [2.45, 2.75) is 13.8 Å². The number of rotatable bonds is 13. The minimum absolute atomic E-state index is 0.277. The third-order valence-corrected chi connectivity index (χ3v) is 10.1. The summed E-state index contributed by atoms with van der Waals surface area (Å²) in [4.78, 5) is 48.8. The first-order valence-electron chi connectivity index (χ1n) is 16.9. The topological polar surface area (TPSA) is 191 Å². The summed E-state index contributed by atoms with van der Waals surface area (Å²) >= 11 is 2.86. The Hall–Kier alpha value is -6.86. The maximum absolute atomic E-state index is 12.9. The number of benzene rings is 2. The third kappa shape index (κ3) is 7.19. The highest BCUT2D eigenvalue weighted by atomic mass is 32.1. The van der Waals surface area contributed by atoms with Gasteiger partial charge in [-0.15, -0.1) is 22.7 Å². The fourth-order valence-electron chi connectivity index (χ4n) is 6.06. The molecule has 0 radical (unpaired) electrons. The minimum atomic E-state index is -0.595. The molecule has 0 unspecified atom stereocenters. The van der Waals surface area contributed by atoms with Gasteiger partial charge in [0.2, 0.25) is 12.7 Å². The molecule has 0 aliphatic heterocycles. The van der Waals surface area contributed by atoms with Crippen molar-refractivity contribution in [1.82, 2.24) is 39.7 Å². The number of hydrogen-bond donors (Lipinski definition) is 5. The molecule has 8 aromatic rings. The third-order valence-electron chi connectivity index (χ3n) is 8.61. The van der Waals surface area contributed by atoms with Crippen molar-refractivity contribution in [3.05, 3.63) is 118 Å². The highest BCUT2D eigenvalue weighted by Crippen LogP contribution is 2.34. The molecule has 2 amide bonds. The largest absolute Gasteiger partial charge is 0.493 e. The smallest absolute Gasteiger partial charge is 0.274 e. The van der Waals surface area contributed by atoms with Crippen molar-refractivity contribution >= 4 is 67.4 Å². The second-order valence-electron chi connectivity index (χ2n) is 12.2. The van der Waals surface area contributed by atoms with E-state index in [4.69, 9.17) is 29.5 Å². The van der Waals surface area contributed by atoms with Crippen LogP contribution in [0.15, 0.2) is 95.8 Å². The molecule has 6 heterocycles. The predicted octanol–water partition coefficient (Wildman–Crippen LogP) is 7.16. The number of ether oxygens (including phenoxy) is 2. The van der Waals surface area contributed by atoms with Gasteiger partial charge in [0.15, 0.2) is 21.7 Å². The molecule has 0 aliphatic rings. The Bertz CT molecular complexity index is 2700. The van der Waals surface area contributed by atoms with Crippen molar-refractivity contribution in [1.29, 1.82) is 0 Å². The van der Waals surface area contributed by atoms with E-state index in [2.05, 4.69) is 26.1 Å². The number of methoxy groups -OCH3 is 1. The van der Waals surface area contributed by atoms with Gasteiger partial charge >= 0.3 is 0 Å². The molecule has 282 valence electrons. The van der Waals surface area contributed by atoms with E-state index in [1.807, 2.05) is 63.9 Å². The Morgan fingerprint density at radius 1 is 0.750 bits per heavy atom. The standard InChI is InChI=1S/C38H32N10O6S2/c1-21-32(47-17-5-6-29(52-3)34(47)40-21)27-18-55-37(43-27)41-26-15-11-24(12-16-26)36(50)46-54-20-53-31-8-4-7-30-39-22(2)33(48(30)31)28-19-56-38(44-28)42-25-13-9-23(10-14-25)35(49)45-51/h4-19,51H,20H2,1-3H3,(H,41,43)(H,42,44)(H,45,49)(H,46,50). The summed E-state index contributed by atoms with van der Waals surface area (Å²) in [6.07, 6.45) is 1.93. The summed E-state index contributed by atoms with van der Waals surface area (Å²) in [7, 11) is 1.62. The minimum Gasteiger partial charge on any atom is -0.493 e. The normalized spacial score (nSPS) is 11.1. The van der Waals surface area contributed by atoms with Crippen LogP contribution in [0.1, 0.15) is 32.1 Å². The number of aryl methyl sites for hydroxylation is 2. The van der Waals surface area contributed by atoms with Crippen LogP contribution in [0, 0.1) is 13.8 Å². The summed E-state index contributed by atoms with van der Waals surface area (Å²) < 4.78 is 15.2. The van der Waals surface area contributed by atoms with Crippen LogP contribution in [0.3, 0.4) is 0 Å². The van der Waals surface area contributed by atoms with Crippen molar-refractivity contribution in [3.63, 3.8) is 0 Å². The number of anilines is 4. The van der Waals surface area contributed by atoms with E-state index in [9.17, 15) is 9.59 Å². The maximum Gasteiger partial charge on any atom is 0.274 e. The highest BCUT2D eigenvalue weighted by molar-refractivity contribution is 7.14. The molecule has 0 aliphatic carbocycles. The van der Waals surface area contributed by atoms with Gasteiger partial charge in [-0.3, -0.25) is 23.6 Å². The zero-order valence-corrected chi connectivity index (χ0v) is 31.6. The van der Waals surface area contributed by atoms with Gasteiger partial charge in [-0.1, -0.05) is 6.07 Å². The molecule has 56 heavy (non-hydrogen) atoms. The summed E-state index contributed by atoms with van der Waals surface area (Å²) in [5, 5.41) is 20.6. The number of carbonyl (C=O) groups is 2. The average Bonchev–Trinajstić information content (AvgIpc) is 4.01. The number of aromatic nitrogens is 6. The van der Waals surface area contributed by atoms with Crippen molar-refractivity contribution in [2.75, 3.05) is 24.5 Å². The number of nitrogens with one attached hydrogen (secondary N) is 4. The quantitative estimate of drug-likeness (QED) is 0.0344.